The number of nitrogens with one attached hydrogen (secondary N) is 1. The summed E-state index contributed by atoms with van der Waals surface area (Å²) in [4.78, 5) is 16.5. The maximum Gasteiger partial charge on any atom is 0.250 e. The van der Waals surface area contributed by atoms with Crippen LogP contribution in [0.3, 0.4) is 0 Å². The van der Waals surface area contributed by atoms with E-state index in [-0.39, 0.29) is 5.91 Å². The van der Waals surface area contributed by atoms with Crippen LogP contribution in [0.2, 0.25) is 0 Å². The van der Waals surface area contributed by atoms with Gasteiger partial charge in [0.1, 0.15) is 17.0 Å². The van der Waals surface area contributed by atoms with E-state index in [1.54, 1.807) is 12.3 Å². The summed E-state index contributed by atoms with van der Waals surface area (Å²) in [6.07, 6.45) is 5.71. The third kappa shape index (κ3) is 3.63. The molecule has 0 fully saturated rings. The molecule has 0 saturated carbocycles. The number of benzene rings is 1. The normalized spacial score (nSPS) is 11.3. The van der Waals surface area contributed by atoms with Crippen LogP contribution in [-0.2, 0) is 11.2 Å². The van der Waals surface area contributed by atoms with E-state index < -0.39 is 0 Å². The number of amides is 1. The monoisotopic (exact) mass is 376 g/mol. The van der Waals surface area contributed by atoms with Gasteiger partial charge in [-0.15, -0.1) is 10.2 Å². The van der Waals surface area contributed by atoms with Crippen LogP contribution in [0.1, 0.15) is 18.2 Å². The summed E-state index contributed by atoms with van der Waals surface area (Å²) in [5.41, 5.74) is 2.47. The minimum atomic E-state index is -0.272. The molecule has 6 nitrogen and oxygen atoms in total. The second kappa shape index (κ2) is 7.51. The van der Waals surface area contributed by atoms with Gasteiger partial charge in [0.25, 0.3) is 0 Å². The number of anilines is 1. The SMILES string of the molecule is CCc1oc2ccccc2c1/C=C/C(=O)Nc1nnc(-c2ccccn2)s1. The highest BCUT2D eigenvalue weighted by molar-refractivity contribution is 7.18. The molecule has 0 atom stereocenters. The second-order valence-electron chi connectivity index (χ2n) is 5.74. The van der Waals surface area contributed by atoms with Crippen molar-refractivity contribution >= 4 is 39.4 Å². The van der Waals surface area contributed by atoms with Gasteiger partial charge in [0.2, 0.25) is 11.0 Å². The molecule has 4 rings (SSSR count). The summed E-state index contributed by atoms with van der Waals surface area (Å²) in [6.45, 7) is 2.02. The number of rotatable bonds is 5. The molecule has 0 aliphatic rings. The van der Waals surface area contributed by atoms with Crippen LogP contribution in [0, 0.1) is 0 Å². The highest BCUT2D eigenvalue weighted by Crippen LogP contribution is 2.28. The molecule has 134 valence electrons. The highest BCUT2D eigenvalue weighted by atomic mass is 32.1. The highest BCUT2D eigenvalue weighted by Gasteiger charge is 2.11. The molecule has 4 aromatic rings. The third-order valence-electron chi connectivity index (χ3n) is 3.97. The number of carbonyl (C=O) groups excluding carboxylic acids is 1. The smallest absolute Gasteiger partial charge is 0.250 e. The van der Waals surface area contributed by atoms with Crippen molar-refractivity contribution in [3.8, 4) is 10.7 Å². The third-order valence-corrected chi connectivity index (χ3v) is 4.83. The predicted octanol–water partition coefficient (Wildman–Crippen LogP) is 4.56. The lowest BCUT2D eigenvalue weighted by Crippen LogP contribution is -2.07. The fourth-order valence-electron chi connectivity index (χ4n) is 2.73. The van der Waals surface area contributed by atoms with Crippen molar-refractivity contribution in [1.82, 2.24) is 15.2 Å². The van der Waals surface area contributed by atoms with Gasteiger partial charge < -0.3 is 4.42 Å². The molecule has 7 heteroatoms. The number of aryl methyl sites for hydroxylation is 1. The van der Waals surface area contributed by atoms with Crippen LogP contribution in [0.15, 0.2) is 59.2 Å². The van der Waals surface area contributed by atoms with E-state index >= 15 is 0 Å². The van der Waals surface area contributed by atoms with Gasteiger partial charge in [-0.05, 0) is 24.3 Å². The van der Waals surface area contributed by atoms with Crippen LogP contribution >= 0.6 is 11.3 Å². The predicted molar refractivity (Wildman–Crippen MR) is 106 cm³/mol. The Morgan fingerprint density at radius 1 is 1.19 bits per heavy atom. The molecule has 3 heterocycles. The van der Waals surface area contributed by atoms with Gasteiger partial charge in [0.05, 0.1) is 0 Å². The number of hydrogen-bond donors (Lipinski definition) is 1. The van der Waals surface area contributed by atoms with Gasteiger partial charge in [-0.25, -0.2) is 0 Å². The fraction of sp³-hybridized carbons (Fsp3) is 0.100. The zero-order valence-electron chi connectivity index (χ0n) is 14.5. The Kier molecular flexibility index (Phi) is 4.76. The van der Waals surface area contributed by atoms with E-state index in [1.165, 1.54) is 17.4 Å². The van der Waals surface area contributed by atoms with Crippen molar-refractivity contribution in [2.75, 3.05) is 5.32 Å². The Morgan fingerprint density at radius 2 is 2.04 bits per heavy atom. The molecule has 0 radical (unpaired) electrons. The van der Waals surface area contributed by atoms with E-state index in [1.807, 2.05) is 49.4 Å². The standard InChI is InChI=1S/C20H16N4O2S/c1-2-16-14(13-7-3-4-9-17(13)26-16)10-11-18(25)22-20-24-23-19(27-20)15-8-5-6-12-21-15/h3-12H,2H2,1H3,(H,22,24,25)/b11-10+. The van der Waals surface area contributed by atoms with Gasteiger partial charge >= 0.3 is 0 Å². The average Bonchev–Trinajstić information content (AvgIpc) is 3.31. The van der Waals surface area contributed by atoms with Crippen LogP contribution in [0.4, 0.5) is 5.13 Å². The van der Waals surface area contributed by atoms with Gasteiger partial charge in [-0.2, -0.15) is 0 Å². The molecule has 0 spiro atoms. The molecule has 3 aromatic heterocycles. The van der Waals surface area contributed by atoms with Crippen LogP contribution < -0.4 is 5.32 Å². The van der Waals surface area contributed by atoms with Crippen molar-refractivity contribution in [3.05, 3.63) is 66.1 Å². The first kappa shape index (κ1) is 17.1. The summed E-state index contributed by atoms with van der Waals surface area (Å²) in [6, 6.07) is 13.4. The maximum atomic E-state index is 12.3. The van der Waals surface area contributed by atoms with E-state index in [2.05, 4.69) is 20.5 Å². The minimum Gasteiger partial charge on any atom is -0.460 e. The van der Waals surface area contributed by atoms with Crippen LogP contribution in [-0.4, -0.2) is 21.1 Å². The maximum absolute atomic E-state index is 12.3. The number of aromatic nitrogens is 3. The van der Waals surface area contributed by atoms with Gasteiger partial charge in [-0.3, -0.25) is 15.1 Å². The molecule has 0 aliphatic heterocycles. The van der Waals surface area contributed by atoms with E-state index in [9.17, 15) is 4.79 Å². The summed E-state index contributed by atoms with van der Waals surface area (Å²) < 4.78 is 5.84. The Labute approximate surface area is 159 Å². The summed E-state index contributed by atoms with van der Waals surface area (Å²) in [5, 5.41) is 12.9. The van der Waals surface area contributed by atoms with Crippen LogP contribution in [0.25, 0.3) is 27.7 Å². The first-order valence-corrected chi connectivity index (χ1v) is 9.30. The number of pyridine rings is 1. The van der Waals surface area contributed by atoms with Gasteiger partial charge in [0, 0.05) is 29.6 Å². The number of carbonyl (C=O) groups is 1. The van der Waals surface area contributed by atoms with Crippen molar-refractivity contribution in [1.29, 1.82) is 0 Å². The average molecular weight is 376 g/mol. The lowest BCUT2D eigenvalue weighted by atomic mass is 10.1. The van der Waals surface area contributed by atoms with E-state index in [4.69, 9.17) is 4.42 Å². The first-order valence-electron chi connectivity index (χ1n) is 8.49. The lowest BCUT2D eigenvalue weighted by Gasteiger charge is -1.96. The van der Waals surface area contributed by atoms with Crippen LogP contribution in [0.5, 0.6) is 0 Å². The number of para-hydroxylation sites is 1. The fourth-order valence-corrected chi connectivity index (χ4v) is 3.46. The zero-order chi connectivity index (χ0) is 18.6. The molecule has 0 aliphatic carbocycles. The molecular weight excluding hydrogens is 360 g/mol. The Bertz CT molecular complexity index is 1120. The summed E-state index contributed by atoms with van der Waals surface area (Å²) in [7, 11) is 0. The number of fused-ring (bicyclic) bond motifs is 1. The van der Waals surface area contributed by atoms with Crippen molar-refractivity contribution in [2.45, 2.75) is 13.3 Å². The molecular formula is C20H16N4O2S. The molecule has 27 heavy (non-hydrogen) atoms. The Balaban J connectivity index is 1.51. The zero-order valence-corrected chi connectivity index (χ0v) is 15.4. The first-order chi connectivity index (χ1) is 13.2. The number of hydrogen-bond acceptors (Lipinski definition) is 6. The van der Waals surface area contributed by atoms with Crippen molar-refractivity contribution < 1.29 is 9.21 Å². The molecule has 0 bridgehead atoms. The number of furan rings is 1. The Hall–Kier alpha value is -3.32. The summed E-state index contributed by atoms with van der Waals surface area (Å²) in [5.74, 6) is 0.583. The molecule has 0 saturated heterocycles. The van der Waals surface area contributed by atoms with Crippen molar-refractivity contribution in [3.63, 3.8) is 0 Å². The van der Waals surface area contributed by atoms with Gasteiger partial charge in [0.15, 0.2) is 5.01 Å². The largest absolute Gasteiger partial charge is 0.460 e. The summed E-state index contributed by atoms with van der Waals surface area (Å²) >= 11 is 1.28. The number of nitrogens with zero attached hydrogens (tertiary/aromatic N) is 3. The molecule has 0 unspecified atom stereocenters. The van der Waals surface area contributed by atoms with E-state index in [0.29, 0.717) is 10.1 Å². The van der Waals surface area contributed by atoms with Crippen molar-refractivity contribution in [2.24, 2.45) is 0 Å². The second-order valence-corrected chi connectivity index (χ2v) is 6.72. The quantitative estimate of drug-likeness (QED) is 0.516. The lowest BCUT2D eigenvalue weighted by molar-refractivity contribution is -0.111. The molecule has 1 N–H and O–H groups in total. The molecule has 1 amide bonds. The molecule has 1 aromatic carbocycles. The topological polar surface area (TPSA) is 80.9 Å². The van der Waals surface area contributed by atoms with E-state index in [0.717, 1.165) is 34.4 Å². The Morgan fingerprint density at radius 3 is 2.85 bits per heavy atom. The van der Waals surface area contributed by atoms with Gasteiger partial charge in [-0.1, -0.05) is 42.5 Å². The minimum absolute atomic E-state index is 0.272.